The molecule has 1 spiro atoms. The molecule has 1 atom stereocenters. The van der Waals surface area contributed by atoms with Crippen molar-refractivity contribution in [2.24, 2.45) is 5.41 Å². The Morgan fingerprint density at radius 3 is 2.42 bits per heavy atom. The largest absolute Gasteiger partial charge is 0.356 e. The molecule has 1 aromatic rings. The summed E-state index contributed by atoms with van der Waals surface area (Å²) < 4.78 is 0. The monoisotopic (exact) mass is 260 g/mol. The van der Waals surface area contributed by atoms with Crippen molar-refractivity contribution < 1.29 is 0 Å². The number of rotatable bonds is 1. The van der Waals surface area contributed by atoms with E-state index in [1.807, 2.05) is 6.92 Å². The van der Waals surface area contributed by atoms with E-state index in [1.165, 1.54) is 31.5 Å². The minimum atomic E-state index is 0.508. The van der Waals surface area contributed by atoms with E-state index in [0.29, 0.717) is 5.41 Å². The molecule has 0 N–H and O–H groups in total. The van der Waals surface area contributed by atoms with Crippen LogP contribution >= 0.6 is 0 Å². The molecule has 1 aromatic heterocycles. The van der Waals surface area contributed by atoms with Crippen LogP contribution in [0.2, 0.25) is 0 Å². The zero-order valence-electron chi connectivity index (χ0n) is 12.5. The van der Waals surface area contributed by atoms with Crippen LogP contribution in [0.4, 0.5) is 5.82 Å². The van der Waals surface area contributed by atoms with Crippen molar-refractivity contribution in [2.75, 3.05) is 38.1 Å². The Morgan fingerprint density at radius 1 is 1.00 bits per heavy atom. The fourth-order valence-electron chi connectivity index (χ4n) is 3.67. The Bertz CT molecular complexity index is 499. The predicted octanol–water partition coefficient (Wildman–Crippen LogP) is 1.93. The number of aromatic nitrogens is 2. The first-order chi connectivity index (χ1) is 8.99. The molecule has 19 heavy (non-hydrogen) atoms. The van der Waals surface area contributed by atoms with Crippen molar-refractivity contribution in [1.29, 1.82) is 0 Å². The summed E-state index contributed by atoms with van der Waals surface area (Å²) in [4.78, 5) is 14.1. The van der Waals surface area contributed by atoms with Gasteiger partial charge in [-0.25, -0.2) is 9.97 Å². The molecule has 0 amide bonds. The van der Waals surface area contributed by atoms with Gasteiger partial charge in [0.25, 0.3) is 0 Å². The number of nitrogens with zero attached hydrogens (tertiary/aromatic N) is 4. The van der Waals surface area contributed by atoms with Gasteiger partial charge in [-0.3, -0.25) is 0 Å². The second-order valence-electron chi connectivity index (χ2n) is 6.46. The third-order valence-electron chi connectivity index (χ3n) is 4.84. The SMILES string of the molecule is Cc1nc(C)c(C)c(N2CC[C@@]3(CCN(C)C3)C2)n1. The maximum absolute atomic E-state index is 4.69. The van der Waals surface area contributed by atoms with Gasteiger partial charge in [0.15, 0.2) is 0 Å². The highest BCUT2D eigenvalue weighted by molar-refractivity contribution is 5.49. The average Bonchev–Trinajstić information content (AvgIpc) is 2.92. The van der Waals surface area contributed by atoms with Gasteiger partial charge in [0, 0.05) is 36.3 Å². The molecule has 4 nitrogen and oxygen atoms in total. The summed E-state index contributed by atoms with van der Waals surface area (Å²) in [5.41, 5.74) is 2.87. The van der Waals surface area contributed by atoms with Gasteiger partial charge >= 0.3 is 0 Å². The summed E-state index contributed by atoms with van der Waals surface area (Å²) in [5.74, 6) is 2.05. The molecule has 104 valence electrons. The first kappa shape index (κ1) is 12.9. The van der Waals surface area contributed by atoms with Crippen LogP contribution in [0.25, 0.3) is 0 Å². The van der Waals surface area contributed by atoms with Gasteiger partial charge in [0.1, 0.15) is 11.6 Å². The Balaban J connectivity index is 1.85. The summed E-state index contributed by atoms with van der Waals surface area (Å²) in [6.07, 6.45) is 2.64. The molecule has 2 aliphatic heterocycles. The molecule has 0 unspecified atom stereocenters. The standard InChI is InChI=1S/C15H24N4/c1-11-12(2)16-13(3)17-14(11)19-8-6-15(10-19)5-7-18(4)9-15/h5-10H2,1-4H3/t15-/m1/s1. The molecule has 4 heteroatoms. The lowest BCUT2D eigenvalue weighted by atomic mass is 9.86. The first-order valence-electron chi connectivity index (χ1n) is 7.24. The van der Waals surface area contributed by atoms with Crippen LogP contribution in [-0.4, -0.2) is 48.1 Å². The van der Waals surface area contributed by atoms with E-state index in [2.05, 4.69) is 35.7 Å². The summed E-state index contributed by atoms with van der Waals surface area (Å²) in [7, 11) is 2.24. The van der Waals surface area contributed by atoms with E-state index < -0.39 is 0 Å². The summed E-state index contributed by atoms with van der Waals surface area (Å²) in [5, 5.41) is 0. The van der Waals surface area contributed by atoms with Crippen molar-refractivity contribution in [3.8, 4) is 0 Å². The van der Waals surface area contributed by atoms with Gasteiger partial charge in [-0.1, -0.05) is 0 Å². The summed E-state index contributed by atoms with van der Waals surface area (Å²) in [6.45, 7) is 11.0. The van der Waals surface area contributed by atoms with E-state index >= 15 is 0 Å². The summed E-state index contributed by atoms with van der Waals surface area (Å²) in [6, 6.07) is 0. The second kappa shape index (κ2) is 4.44. The highest BCUT2D eigenvalue weighted by atomic mass is 15.2. The van der Waals surface area contributed by atoms with Crippen LogP contribution < -0.4 is 4.90 Å². The smallest absolute Gasteiger partial charge is 0.135 e. The molecule has 0 radical (unpaired) electrons. The first-order valence-corrected chi connectivity index (χ1v) is 7.24. The van der Waals surface area contributed by atoms with Crippen molar-refractivity contribution in [1.82, 2.24) is 14.9 Å². The van der Waals surface area contributed by atoms with Crippen LogP contribution in [0.15, 0.2) is 0 Å². The fourth-order valence-corrected chi connectivity index (χ4v) is 3.67. The molecule has 3 rings (SSSR count). The normalized spacial score (nSPS) is 27.7. The number of anilines is 1. The number of hydrogen-bond acceptors (Lipinski definition) is 4. The second-order valence-corrected chi connectivity index (χ2v) is 6.46. The molecular formula is C15H24N4. The lowest BCUT2D eigenvalue weighted by molar-refractivity contribution is 0.312. The van der Waals surface area contributed by atoms with Crippen LogP contribution in [0.3, 0.4) is 0 Å². The van der Waals surface area contributed by atoms with Crippen LogP contribution in [0, 0.1) is 26.2 Å². The lowest BCUT2D eigenvalue weighted by Crippen LogP contribution is -2.30. The molecule has 3 heterocycles. The van der Waals surface area contributed by atoms with Gasteiger partial charge in [-0.15, -0.1) is 0 Å². The fraction of sp³-hybridized carbons (Fsp3) is 0.733. The minimum Gasteiger partial charge on any atom is -0.356 e. The van der Waals surface area contributed by atoms with E-state index in [1.54, 1.807) is 0 Å². The topological polar surface area (TPSA) is 32.3 Å². The Kier molecular flexibility index (Phi) is 3.01. The molecule has 2 aliphatic rings. The molecule has 0 aromatic carbocycles. The number of aryl methyl sites for hydroxylation is 2. The van der Waals surface area contributed by atoms with Crippen molar-refractivity contribution in [3.63, 3.8) is 0 Å². The van der Waals surface area contributed by atoms with E-state index in [9.17, 15) is 0 Å². The van der Waals surface area contributed by atoms with Gasteiger partial charge in [-0.05, 0) is 47.2 Å². The molecule has 0 bridgehead atoms. The lowest BCUT2D eigenvalue weighted by Gasteiger charge is -2.25. The Hall–Kier alpha value is -1.16. The van der Waals surface area contributed by atoms with Crippen molar-refractivity contribution in [3.05, 3.63) is 17.1 Å². The van der Waals surface area contributed by atoms with Crippen LogP contribution in [0.1, 0.15) is 29.9 Å². The predicted molar refractivity (Wildman–Crippen MR) is 77.6 cm³/mol. The van der Waals surface area contributed by atoms with E-state index in [0.717, 1.165) is 30.4 Å². The van der Waals surface area contributed by atoms with E-state index in [-0.39, 0.29) is 0 Å². The maximum Gasteiger partial charge on any atom is 0.135 e. The minimum absolute atomic E-state index is 0.508. The zero-order valence-corrected chi connectivity index (χ0v) is 12.5. The Labute approximate surface area is 115 Å². The zero-order chi connectivity index (χ0) is 13.6. The third-order valence-corrected chi connectivity index (χ3v) is 4.84. The molecule has 2 saturated heterocycles. The number of likely N-dealkylation sites (tertiary alicyclic amines) is 1. The van der Waals surface area contributed by atoms with Gasteiger partial charge < -0.3 is 9.80 Å². The molecular weight excluding hydrogens is 236 g/mol. The van der Waals surface area contributed by atoms with Crippen LogP contribution in [0.5, 0.6) is 0 Å². The van der Waals surface area contributed by atoms with E-state index in [4.69, 9.17) is 4.98 Å². The molecule has 0 aliphatic carbocycles. The number of hydrogen-bond donors (Lipinski definition) is 0. The third kappa shape index (κ3) is 2.22. The van der Waals surface area contributed by atoms with Crippen LogP contribution in [-0.2, 0) is 0 Å². The van der Waals surface area contributed by atoms with Gasteiger partial charge in [0.2, 0.25) is 0 Å². The Morgan fingerprint density at radius 2 is 1.74 bits per heavy atom. The molecule has 2 fully saturated rings. The van der Waals surface area contributed by atoms with Gasteiger partial charge in [-0.2, -0.15) is 0 Å². The molecule has 0 saturated carbocycles. The van der Waals surface area contributed by atoms with Crippen molar-refractivity contribution in [2.45, 2.75) is 33.6 Å². The maximum atomic E-state index is 4.69. The van der Waals surface area contributed by atoms with Gasteiger partial charge in [0.05, 0.1) is 0 Å². The van der Waals surface area contributed by atoms with Crippen molar-refractivity contribution >= 4 is 5.82 Å². The average molecular weight is 260 g/mol. The highest BCUT2D eigenvalue weighted by Gasteiger charge is 2.43. The highest BCUT2D eigenvalue weighted by Crippen LogP contribution is 2.40. The quantitative estimate of drug-likeness (QED) is 0.772. The summed E-state index contributed by atoms with van der Waals surface area (Å²) >= 11 is 0.